The molecular formula is C14H15BrFNOS. The molecule has 1 atom stereocenters. The molecule has 0 saturated heterocycles. The molecular weight excluding hydrogens is 329 g/mol. The van der Waals surface area contributed by atoms with Crippen molar-refractivity contribution in [2.45, 2.75) is 19.5 Å². The maximum absolute atomic E-state index is 13.6. The van der Waals surface area contributed by atoms with Crippen molar-refractivity contribution in [1.29, 1.82) is 0 Å². The van der Waals surface area contributed by atoms with Gasteiger partial charge in [-0.15, -0.1) is 11.3 Å². The lowest BCUT2D eigenvalue weighted by Gasteiger charge is -2.14. The van der Waals surface area contributed by atoms with Gasteiger partial charge in [-0.3, -0.25) is 0 Å². The summed E-state index contributed by atoms with van der Waals surface area (Å²) >= 11 is 5.10. The van der Waals surface area contributed by atoms with E-state index < -0.39 is 0 Å². The van der Waals surface area contributed by atoms with E-state index in [1.165, 1.54) is 18.7 Å². The average molecular weight is 344 g/mol. The van der Waals surface area contributed by atoms with Gasteiger partial charge in [-0.1, -0.05) is 6.07 Å². The number of thiophene rings is 1. The van der Waals surface area contributed by atoms with Crippen LogP contribution in [0.3, 0.4) is 0 Å². The fourth-order valence-electron chi connectivity index (χ4n) is 1.78. The minimum Gasteiger partial charge on any atom is -0.494 e. The molecule has 0 bridgehead atoms. The molecule has 5 heteroatoms. The predicted molar refractivity (Wildman–Crippen MR) is 80.2 cm³/mol. The van der Waals surface area contributed by atoms with Crippen LogP contribution in [0.25, 0.3) is 0 Å². The highest BCUT2D eigenvalue weighted by molar-refractivity contribution is 9.11. The number of halogens is 2. The Labute approximate surface area is 124 Å². The van der Waals surface area contributed by atoms with E-state index in [0.29, 0.717) is 0 Å². The molecule has 1 N–H and O–H groups in total. The van der Waals surface area contributed by atoms with E-state index in [2.05, 4.69) is 32.7 Å². The molecule has 0 aliphatic rings. The summed E-state index contributed by atoms with van der Waals surface area (Å²) in [7, 11) is 1.47. The molecule has 0 radical (unpaired) electrons. The van der Waals surface area contributed by atoms with Crippen LogP contribution in [-0.4, -0.2) is 7.11 Å². The molecule has 1 heterocycles. The van der Waals surface area contributed by atoms with Crippen LogP contribution in [0.2, 0.25) is 0 Å². The van der Waals surface area contributed by atoms with Gasteiger partial charge >= 0.3 is 0 Å². The van der Waals surface area contributed by atoms with Crippen LogP contribution in [0.1, 0.15) is 24.1 Å². The lowest BCUT2D eigenvalue weighted by molar-refractivity contribution is 0.385. The summed E-state index contributed by atoms with van der Waals surface area (Å²) < 4.78 is 19.7. The first-order chi connectivity index (χ1) is 9.10. The van der Waals surface area contributed by atoms with Gasteiger partial charge in [0, 0.05) is 12.6 Å². The van der Waals surface area contributed by atoms with Gasteiger partial charge < -0.3 is 10.1 Å². The molecule has 1 unspecified atom stereocenters. The molecule has 0 spiro atoms. The molecule has 1 aromatic heterocycles. The summed E-state index contributed by atoms with van der Waals surface area (Å²) in [6, 6.07) is 7.21. The fourth-order valence-corrected chi connectivity index (χ4v) is 2.99. The highest BCUT2D eigenvalue weighted by atomic mass is 79.9. The molecule has 0 fully saturated rings. The Morgan fingerprint density at radius 1 is 1.42 bits per heavy atom. The van der Waals surface area contributed by atoms with Crippen molar-refractivity contribution in [1.82, 2.24) is 5.32 Å². The standard InChI is InChI=1S/C14H15BrFNOS/c1-9(17-7-10-5-14(15)19-8-10)11-3-4-13(18-2)12(16)6-11/h3-6,8-9,17H,7H2,1-2H3. The highest BCUT2D eigenvalue weighted by Gasteiger charge is 2.09. The van der Waals surface area contributed by atoms with E-state index in [1.54, 1.807) is 17.4 Å². The number of benzene rings is 1. The van der Waals surface area contributed by atoms with Crippen LogP contribution in [0.15, 0.2) is 33.4 Å². The number of ether oxygens (including phenoxy) is 1. The van der Waals surface area contributed by atoms with Crippen molar-refractivity contribution in [3.63, 3.8) is 0 Å². The smallest absolute Gasteiger partial charge is 0.165 e. The van der Waals surface area contributed by atoms with Gasteiger partial charge in [-0.2, -0.15) is 0 Å². The molecule has 2 nitrogen and oxygen atoms in total. The molecule has 0 saturated carbocycles. The molecule has 2 rings (SSSR count). The Hall–Kier alpha value is -0.910. The molecule has 102 valence electrons. The third kappa shape index (κ3) is 3.78. The van der Waals surface area contributed by atoms with Crippen LogP contribution >= 0.6 is 27.3 Å². The zero-order valence-electron chi connectivity index (χ0n) is 10.7. The minimum absolute atomic E-state index is 0.0825. The average Bonchev–Trinajstić information content (AvgIpc) is 2.81. The third-order valence-corrected chi connectivity index (χ3v) is 4.46. The van der Waals surface area contributed by atoms with E-state index in [-0.39, 0.29) is 17.6 Å². The Morgan fingerprint density at radius 3 is 2.79 bits per heavy atom. The van der Waals surface area contributed by atoms with Crippen molar-refractivity contribution in [2.75, 3.05) is 7.11 Å². The lowest BCUT2D eigenvalue weighted by atomic mass is 10.1. The van der Waals surface area contributed by atoms with Gasteiger partial charge in [-0.25, -0.2) is 4.39 Å². The van der Waals surface area contributed by atoms with E-state index in [1.807, 2.05) is 13.0 Å². The first kappa shape index (κ1) is 14.5. The van der Waals surface area contributed by atoms with Gasteiger partial charge in [0.1, 0.15) is 0 Å². The zero-order valence-corrected chi connectivity index (χ0v) is 13.1. The van der Waals surface area contributed by atoms with Gasteiger partial charge in [-0.05, 0) is 57.6 Å². The van der Waals surface area contributed by atoms with Crippen LogP contribution in [0.5, 0.6) is 5.75 Å². The van der Waals surface area contributed by atoms with Crippen molar-refractivity contribution >= 4 is 27.3 Å². The van der Waals surface area contributed by atoms with Gasteiger partial charge in [0.05, 0.1) is 10.9 Å². The van der Waals surface area contributed by atoms with E-state index in [4.69, 9.17) is 4.74 Å². The number of rotatable bonds is 5. The lowest BCUT2D eigenvalue weighted by Crippen LogP contribution is -2.17. The number of nitrogens with one attached hydrogen (secondary N) is 1. The van der Waals surface area contributed by atoms with Gasteiger partial charge in [0.2, 0.25) is 0 Å². The molecule has 2 aromatic rings. The molecule has 0 aliphatic carbocycles. The van der Waals surface area contributed by atoms with Crippen molar-refractivity contribution in [2.24, 2.45) is 0 Å². The Kier molecular flexibility index (Phi) is 4.96. The second-order valence-electron chi connectivity index (χ2n) is 4.26. The number of hydrogen-bond donors (Lipinski definition) is 1. The van der Waals surface area contributed by atoms with E-state index in [9.17, 15) is 4.39 Å². The second-order valence-corrected chi connectivity index (χ2v) is 6.55. The summed E-state index contributed by atoms with van der Waals surface area (Å²) in [5.41, 5.74) is 2.13. The van der Waals surface area contributed by atoms with Crippen LogP contribution in [0.4, 0.5) is 4.39 Å². The first-order valence-corrected chi connectivity index (χ1v) is 7.57. The maximum atomic E-state index is 13.6. The van der Waals surface area contributed by atoms with Crippen LogP contribution in [-0.2, 0) is 6.54 Å². The summed E-state index contributed by atoms with van der Waals surface area (Å²) in [4.78, 5) is 0. The maximum Gasteiger partial charge on any atom is 0.165 e. The van der Waals surface area contributed by atoms with Crippen LogP contribution in [0, 0.1) is 5.82 Å². The summed E-state index contributed by atoms with van der Waals surface area (Å²) in [6.07, 6.45) is 0. The summed E-state index contributed by atoms with van der Waals surface area (Å²) in [5.74, 6) is -0.0513. The second kappa shape index (κ2) is 6.50. The van der Waals surface area contributed by atoms with E-state index in [0.717, 1.165) is 15.9 Å². The van der Waals surface area contributed by atoms with Crippen molar-refractivity contribution in [3.05, 3.63) is 50.4 Å². The molecule has 0 aliphatic heterocycles. The minimum atomic E-state index is -0.327. The zero-order chi connectivity index (χ0) is 13.8. The van der Waals surface area contributed by atoms with Crippen molar-refractivity contribution < 1.29 is 9.13 Å². The SMILES string of the molecule is COc1ccc(C(C)NCc2csc(Br)c2)cc1F. The Bertz CT molecular complexity index is 558. The fraction of sp³-hybridized carbons (Fsp3) is 0.286. The summed E-state index contributed by atoms with van der Waals surface area (Å²) in [6.45, 7) is 2.78. The third-order valence-electron chi connectivity index (χ3n) is 2.91. The molecule has 1 aromatic carbocycles. The normalized spacial score (nSPS) is 12.4. The Morgan fingerprint density at radius 2 is 2.21 bits per heavy atom. The number of hydrogen-bond acceptors (Lipinski definition) is 3. The largest absolute Gasteiger partial charge is 0.494 e. The van der Waals surface area contributed by atoms with E-state index >= 15 is 0 Å². The van der Waals surface area contributed by atoms with Crippen molar-refractivity contribution in [3.8, 4) is 5.75 Å². The molecule has 19 heavy (non-hydrogen) atoms. The highest BCUT2D eigenvalue weighted by Crippen LogP contribution is 2.23. The first-order valence-electron chi connectivity index (χ1n) is 5.90. The molecule has 0 amide bonds. The van der Waals surface area contributed by atoms with Crippen LogP contribution < -0.4 is 10.1 Å². The Balaban J connectivity index is 1.99. The van der Waals surface area contributed by atoms with Gasteiger partial charge in [0.15, 0.2) is 11.6 Å². The topological polar surface area (TPSA) is 21.3 Å². The summed E-state index contributed by atoms with van der Waals surface area (Å²) in [5, 5.41) is 5.47. The quantitative estimate of drug-likeness (QED) is 0.862. The van der Waals surface area contributed by atoms with Gasteiger partial charge in [0.25, 0.3) is 0 Å². The predicted octanol–water partition coefficient (Wildman–Crippen LogP) is 4.51. The monoisotopic (exact) mass is 343 g/mol. The number of methoxy groups -OCH3 is 1.